The first-order valence-corrected chi connectivity index (χ1v) is 8.01. The molecule has 0 aliphatic carbocycles. The van der Waals surface area contributed by atoms with E-state index in [4.69, 9.17) is 0 Å². The Bertz CT molecular complexity index is 847. The predicted molar refractivity (Wildman–Crippen MR) is 89.7 cm³/mol. The summed E-state index contributed by atoms with van der Waals surface area (Å²) < 4.78 is 0. The van der Waals surface area contributed by atoms with Crippen LogP contribution >= 0.6 is 11.3 Å². The van der Waals surface area contributed by atoms with E-state index < -0.39 is 0 Å². The number of aromatic nitrogens is 3. The lowest BCUT2D eigenvalue weighted by atomic mass is 10.1. The van der Waals surface area contributed by atoms with Gasteiger partial charge in [-0.25, -0.2) is 0 Å². The van der Waals surface area contributed by atoms with Crippen LogP contribution in [0, 0.1) is 13.8 Å². The fraction of sp³-hybridized carbons (Fsp3) is 0.312. The highest BCUT2D eigenvalue weighted by atomic mass is 32.1. The van der Waals surface area contributed by atoms with Crippen molar-refractivity contribution in [2.24, 2.45) is 0 Å². The largest absolute Gasteiger partial charge is 0.358 e. The first-order chi connectivity index (χ1) is 10.5. The smallest absolute Gasteiger partial charge is 0.257 e. The lowest BCUT2D eigenvalue weighted by Gasteiger charge is -2.02. The fourth-order valence-corrected chi connectivity index (χ4v) is 3.03. The van der Waals surface area contributed by atoms with Gasteiger partial charge in [-0.05, 0) is 37.6 Å². The summed E-state index contributed by atoms with van der Waals surface area (Å²) in [7, 11) is 0. The van der Waals surface area contributed by atoms with Gasteiger partial charge < -0.3 is 4.98 Å². The maximum Gasteiger partial charge on any atom is 0.257 e. The van der Waals surface area contributed by atoms with E-state index in [-0.39, 0.29) is 5.91 Å². The molecule has 1 amide bonds. The number of nitrogens with zero attached hydrogens (tertiary/aromatic N) is 2. The van der Waals surface area contributed by atoms with Crippen molar-refractivity contribution in [2.45, 2.75) is 33.6 Å². The van der Waals surface area contributed by atoms with Gasteiger partial charge in [0, 0.05) is 28.1 Å². The second kappa shape index (κ2) is 5.53. The number of amides is 1. The number of rotatable bonds is 3. The molecule has 3 rings (SSSR count). The van der Waals surface area contributed by atoms with E-state index in [0.717, 1.165) is 21.6 Å². The standard InChI is InChI=1S/C16H18N4OS/c1-8(2)15-19-20-16(22-15)18-14(21)11-5-6-13-12(7-11)9(3)10(4)17-13/h5-8,17H,1-4H3,(H,18,20,21). The van der Waals surface area contributed by atoms with Crippen LogP contribution in [0.1, 0.15) is 46.4 Å². The highest BCUT2D eigenvalue weighted by Crippen LogP contribution is 2.25. The predicted octanol–water partition coefficient (Wildman–Crippen LogP) is 4.01. The monoisotopic (exact) mass is 314 g/mol. The van der Waals surface area contributed by atoms with Crippen molar-refractivity contribution in [1.82, 2.24) is 15.2 Å². The third kappa shape index (κ3) is 2.62. The molecule has 1 aromatic carbocycles. The molecule has 0 atom stereocenters. The molecule has 0 aliphatic rings. The second-order valence-electron chi connectivity index (χ2n) is 5.69. The SMILES string of the molecule is Cc1[nH]c2ccc(C(=O)Nc3nnc(C(C)C)s3)cc2c1C. The summed E-state index contributed by atoms with van der Waals surface area (Å²) in [6.45, 7) is 8.19. The minimum atomic E-state index is -0.161. The Balaban J connectivity index is 1.86. The number of benzene rings is 1. The van der Waals surface area contributed by atoms with Gasteiger partial charge in [0.1, 0.15) is 5.01 Å². The molecule has 0 aliphatic heterocycles. The van der Waals surface area contributed by atoms with Gasteiger partial charge in [-0.3, -0.25) is 10.1 Å². The summed E-state index contributed by atoms with van der Waals surface area (Å²) in [6.07, 6.45) is 0. The molecule has 2 aromatic heterocycles. The molecule has 0 saturated carbocycles. The van der Waals surface area contributed by atoms with Crippen LogP contribution in [-0.4, -0.2) is 21.1 Å². The quantitative estimate of drug-likeness (QED) is 0.767. The zero-order valence-corrected chi connectivity index (χ0v) is 13.8. The van der Waals surface area contributed by atoms with Gasteiger partial charge in [-0.15, -0.1) is 10.2 Å². The van der Waals surface area contributed by atoms with Gasteiger partial charge >= 0.3 is 0 Å². The van der Waals surface area contributed by atoms with Gasteiger partial charge in [-0.2, -0.15) is 0 Å². The number of hydrogen-bond acceptors (Lipinski definition) is 4. The van der Waals surface area contributed by atoms with Crippen LogP contribution in [0.2, 0.25) is 0 Å². The molecule has 5 nitrogen and oxygen atoms in total. The number of H-pyrrole nitrogens is 1. The summed E-state index contributed by atoms with van der Waals surface area (Å²) >= 11 is 1.41. The molecule has 22 heavy (non-hydrogen) atoms. The molecule has 0 spiro atoms. The van der Waals surface area contributed by atoms with E-state index in [1.54, 1.807) is 0 Å². The van der Waals surface area contributed by atoms with Crippen LogP contribution in [0.15, 0.2) is 18.2 Å². The average molecular weight is 314 g/mol. The number of carbonyl (C=O) groups excluding carboxylic acids is 1. The van der Waals surface area contributed by atoms with Crippen LogP contribution in [0.4, 0.5) is 5.13 Å². The van der Waals surface area contributed by atoms with Gasteiger partial charge in [-0.1, -0.05) is 25.2 Å². The molecule has 114 valence electrons. The Kier molecular flexibility index (Phi) is 3.70. The van der Waals surface area contributed by atoms with Crippen LogP contribution in [0.3, 0.4) is 0 Å². The van der Waals surface area contributed by atoms with Crippen LogP contribution in [-0.2, 0) is 0 Å². The Hall–Kier alpha value is -2.21. The molecule has 6 heteroatoms. The zero-order chi connectivity index (χ0) is 15.9. The Labute approximate surface area is 132 Å². The maximum atomic E-state index is 12.4. The van der Waals surface area contributed by atoms with E-state index in [0.29, 0.717) is 16.6 Å². The number of carbonyl (C=O) groups is 1. The molecular formula is C16H18N4OS. The summed E-state index contributed by atoms with van der Waals surface area (Å²) in [5, 5.41) is 13.4. The van der Waals surface area contributed by atoms with Crippen molar-refractivity contribution in [3.05, 3.63) is 40.0 Å². The van der Waals surface area contributed by atoms with Gasteiger partial charge in [0.25, 0.3) is 5.91 Å². The summed E-state index contributed by atoms with van der Waals surface area (Å²) in [6, 6.07) is 5.66. The summed E-state index contributed by atoms with van der Waals surface area (Å²) in [5.41, 5.74) is 3.96. The average Bonchev–Trinajstić information content (AvgIpc) is 3.05. The second-order valence-corrected chi connectivity index (χ2v) is 6.70. The van der Waals surface area contributed by atoms with Crippen LogP contribution < -0.4 is 5.32 Å². The lowest BCUT2D eigenvalue weighted by molar-refractivity contribution is 0.102. The van der Waals surface area contributed by atoms with E-state index >= 15 is 0 Å². The van der Waals surface area contributed by atoms with E-state index in [9.17, 15) is 4.79 Å². The minimum absolute atomic E-state index is 0.161. The first-order valence-electron chi connectivity index (χ1n) is 7.19. The number of aryl methyl sites for hydroxylation is 2. The van der Waals surface area contributed by atoms with Crippen molar-refractivity contribution in [1.29, 1.82) is 0 Å². The van der Waals surface area contributed by atoms with E-state index in [1.165, 1.54) is 16.9 Å². The molecule has 2 heterocycles. The minimum Gasteiger partial charge on any atom is -0.358 e. The summed E-state index contributed by atoms with van der Waals surface area (Å²) in [5.74, 6) is 0.150. The lowest BCUT2D eigenvalue weighted by Crippen LogP contribution is -2.11. The number of aromatic amines is 1. The summed E-state index contributed by atoms with van der Waals surface area (Å²) in [4.78, 5) is 15.7. The molecule has 0 saturated heterocycles. The van der Waals surface area contributed by atoms with Crippen molar-refractivity contribution in [2.75, 3.05) is 5.32 Å². The molecule has 0 bridgehead atoms. The normalized spacial score (nSPS) is 11.3. The number of fused-ring (bicyclic) bond motifs is 1. The molecule has 2 N–H and O–H groups in total. The van der Waals surface area contributed by atoms with Crippen LogP contribution in [0.5, 0.6) is 0 Å². The van der Waals surface area contributed by atoms with Crippen molar-refractivity contribution in [3.63, 3.8) is 0 Å². The van der Waals surface area contributed by atoms with E-state index in [1.807, 2.05) is 25.1 Å². The van der Waals surface area contributed by atoms with Gasteiger partial charge in [0.15, 0.2) is 0 Å². The van der Waals surface area contributed by atoms with Crippen LogP contribution in [0.25, 0.3) is 10.9 Å². The zero-order valence-electron chi connectivity index (χ0n) is 13.0. The van der Waals surface area contributed by atoms with E-state index in [2.05, 4.69) is 41.3 Å². The Morgan fingerprint density at radius 2 is 2.05 bits per heavy atom. The Morgan fingerprint density at radius 1 is 1.27 bits per heavy atom. The third-order valence-corrected chi connectivity index (χ3v) is 4.86. The Morgan fingerprint density at radius 3 is 2.73 bits per heavy atom. The number of anilines is 1. The first kappa shape index (κ1) is 14.7. The van der Waals surface area contributed by atoms with Gasteiger partial charge in [0.05, 0.1) is 0 Å². The topological polar surface area (TPSA) is 70.7 Å². The van der Waals surface area contributed by atoms with Gasteiger partial charge in [0.2, 0.25) is 5.13 Å². The fourth-order valence-electron chi connectivity index (χ4n) is 2.29. The molecular weight excluding hydrogens is 296 g/mol. The molecule has 0 fully saturated rings. The maximum absolute atomic E-state index is 12.4. The van der Waals surface area contributed by atoms with Crippen molar-refractivity contribution in [3.8, 4) is 0 Å². The van der Waals surface area contributed by atoms with Crippen molar-refractivity contribution < 1.29 is 4.79 Å². The number of nitrogens with one attached hydrogen (secondary N) is 2. The highest BCUT2D eigenvalue weighted by Gasteiger charge is 2.13. The molecule has 3 aromatic rings. The molecule has 0 radical (unpaired) electrons. The highest BCUT2D eigenvalue weighted by molar-refractivity contribution is 7.15. The number of hydrogen-bond donors (Lipinski definition) is 2. The van der Waals surface area contributed by atoms with Crippen molar-refractivity contribution >= 4 is 33.3 Å². The molecule has 0 unspecified atom stereocenters. The third-order valence-electron chi connectivity index (χ3n) is 3.73.